The number of rotatable bonds is 2. The molecule has 1 radical (unpaired) electrons. The molecule has 1 N–H and O–H groups in total. The Labute approximate surface area is 212 Å². The zero-order valence-corrected chi connectivity index (χ0v) is 22.5. The average Bonchev–Trinajstić information content (AvgIpc) is 3.13. The first-order valence-electron chi connectivity index (χ1n) is 11.0. The van der Waals surface area contributed by atoms with Crippen molar-refractivity contribution in [3.63, 3.8) is 0 Å². The van der Waals surface area contributed by atoms with Crippen molar-refractivity contribution in [1.29, 1.82) is 0 Å². The molecule has 0 saturated carbocycles. The Morgan fingerprint density at radius 2 is 1.79 bits per heavy atom. The number of aromatic nitrogens is 1. The Bertz CT molecular complexity index is 1310. The second-order valence-electron chi connectivity index (χ2n) is 8.67. The zero-order chi connectivity index (χ0) is 22.8. The van der Waals surface area contributed by atoms with Gasteiger partial charge in [-0.3, -0.25) is 4.79 Å². The summed E-state index contributed by atoms with van der Waals surface area (Å²) >= 11 is 1.88. The normalized spacial score (nSPS) is 17.6. The van der Waals surface area contributed by atoms with Crippen LogP contribution in [-0.4, -0.2) is 15.9 Å². The number of hydrogen-bond donors (Lipinski definition) is 1. The predicted molar refractivity (Wildman–Crippen MR) is 135 cm³/mol. The van der Waals surface area contributed by atoms with Gasteiger partial charge in [-0.1, -0.05) is 13.8 Å². The minimum Gasteiger partial charge on any atom is -0.512 e. The molecule has 2 heterocycles. The van der Waals surface area contributed by atoms with E-state index in [1.807, 2.05) is 29.7 Å². The fourth-order valence-corrected chi connectivity index (χ4v) is 5.70. The maximum atomic E-state index is 10.0. The van der Waals surface area contributed by atoms with Crippen molar-refractivity contribution >= 4 is 37.3 Å². The number of thiophene rings is 1. The second kappa shape index (κ2) is 10.7. The van der Waals surface area contributed by atoms with Gasteiger partial charge >= 0.3 is 0 Å². The van der Waals surface area contributed by atoms with Crippen molar-refractivity contribution in [3.05, 3.63) is 77.7 Å². The first-order valence-corrected chi connectivity index (χ1v) is 11.9. The summed E-state index contributed by atoms with van der Waals surface area (Å²) in [6, 6.07) is 18.5. The van der Waals surface area contributed by atoms with Crippen molar-refractivity contribution < 1.29 is 30.0 Å². The Morgan fingerprint density at radius 1 is 1.09 bits per heavy atom. The van der Waals surface area contributed by atoms with E-state index in [1.165, 1.54) is 52.9 Å². The minimum absolute atomic E-state index is 0. The fourth-order valence-electron chi connectivity index (χ4n) is 4.47. The number of hydrogen-bond acceptors (Lipinski definition) is 4. The van der Waals surface area contributed by atoms with Gasteiger partial charge in [-0.05, 0) is 78.6 Å². The number of carbonyl (C=O) groups excluding carboxylic acids is 1. The Hall–Kier alpha value is -2.33. The molecule has 0 fully saturated rings. The largest absolute Gasteiger partial charge is 0.512 e. The van der Waals surface area contributed by atoms with Crippen LogP contribution in [0.5, 0.6) is 0 Å². The number of carbonyl (C=O) groups is 1. The SMILES string of the molecule is CC(=O)/C=C(/C)O.CC1CCC(C)c2cc3c(cc21)sc1c(-c2[c-]cccc2)nccc13.[Ir]. The Morgan fingerprint density at radius 3 is 2.36 bits per heavy atom. The molecule has 4 aromatic rings. The summed E-state index contributed by atoms with van der Waals surface area (Å²) in [5.41, 5.74) is 5.23. The summed E-state index contributed by atoms with van der Waals surface area (Å²) in [6.07, 6.45) is 5.71. The van der Waals surface area contributed by atoms with E-state index in [9.17, 15) is 4.79 Å². The summed E-state index contributed by atoms with van der Waals surface area (Å²) in [4.78, 5) is 14.7. The van der Waals surface area contributed by atoms with Crippen LogP contribution < -0.4 is 0 Å². The van der Waals surface area contributed by atoms with Gasteiger partial charge in [-0.25, -0.2) is 0 Å². The predicted octanol–water partition coefficient (Wildman–Crippen LogP) is 7.95. The molecule has 0 bridgehead atoms. The van der Waals surface area contributed by atoms with E-state index in [-0.39, 0.29) is 31.6 Å². The van der Waals surface area contributed by atoms with Crippen molar-refractivity contribution in [3.8, 4) is 11.3 Å². The Kier molecular flexibility index (Phi) is 8.23. The number of aliphatic hydroxyl groups excluding tert-OH is 1. The number of benzene rings is 2. The monoisotopic (exact) mass is 635 g/mol. The maximum absolute atomic E-state index is 10.0. The Balaban J connectivity index is 0.000000337. The topological polar surface area (TPSA) is 50.2 Å². The summed E-state index contributed by atoms with van der Waals surface area (Å²) in [5, 5.41) is 11.1. The van der Waals surface area contributed by atoms with Crippen LogP contribution in [-0.2, 0) is 24.9 Å². The molecule has 2 aromatic heterocycles. The quantitative estimate of drug-likeness (QED) is 0.138. The number of nitrogens with zero attached hydrogens (tertiary/aromatic N) is 1. The molecular formula is C28H28IrNO2S-. The number of ketones is 1. The van der Waals surface area contributed by atoms with Gasteiger partial charge in [0.1, 0.15) is 0 Å². The van der Waals surface area contributed by atoms with Gasteiger partial charge in [0.15, 0.2) is 5.78 Å². The molecule has 0 amide bonds. The van der Waals surface area contributed by atoms with E-state index in [0.29, 0.717) is 11.8 Å². The van der Waals surface area contributed by atoms with Crippen LogP contribution in [0.2, 0.25) is 0 Å². The van der Waals surface area contributed by atoms with Gasteiger partial charge in [0.05, 0.1) is 5.76 Å². The number of allylic oxidation sites excluding steroid dienone is 2. The molecule has 2 unspecified atom stereocenters. The van der Waals surface area contributed by atoms with Gasteiger partial charge in [0, 0.05) is 47.5 Å². The van der Waals surface area contributed by atoms with Crippen LogP contribution in [0, 0.1) is 6.07 Å². The standard InChI is InChI=1S/C23H20NS.C5H8O2.Ir/c1-14-8-9-15(2)19-13-21-20(12-18(14)19)17-10-11-24-22(23(17)25-21)16-6-4-3-5-7-16;1-4(6)3-5(2)7;/h3-6,10-15H,8-9H2,1-2H3;3,6H,1-2H3;/q-1;;/b;4-3-;. The number of pyridine rings is 1. The summed E-state index contributed by atoms with van der Waals surface area (Å²) < 4.78 is 2.67. The number of fused-ring (bicyclic) bond motifs is 4. The summed E-state index contributed by atoms with van der Waals surface area (Å²) in [5.74, 6) is 1.27. The van der Waals surface area contributed by atoms with E-state index in [4.69, 9.17) is 5.11 Å². The minimum atomic E-state index is -0.125. The van der Waals surface area contributed by atoms with Crippen molar-refractivity contribution in [2.75, 3.05) is 0 Å². The van der Waals surface area contributed by atoms with E-state index >= 15 is 0 Å². The third-order valence-electron chi connectivity index (χ3n) is 6.06. The fraction of sp³-hybridized carbons (Fsp3) is 0.286. The molecule has 0 saturated heterocycles. The van der Waals surface area contributed by atoms with Gasteiger partial charge in [-0.2, -0.15) is 0 Å². The van der Waals surface area contributed by atoms with Crippen LogP contribution in [0.25, 0.3) is 31.4 Å². The third-order valence-corrected chi connectivity index (χ3v) is 7.24. The average molecular weight is 635 g/mol. The molecule has 2 aromatic carbocycles. The molecule has 0 spiro atoms. The van der Waals surface area contributed by atoms with Crippen LogP contribution in [0.3, 0.4) is 0 Å². The molecule has 0 aliphatic heterocycles. The number of aliphatic hydroxyl groups is 1. The molecule has 33 heavy (non-hydrogen) atoms. The molecule has 1 aliphatic carbocycles. The van der Waals surface area contributed by atoms with Crippen LogP contribution in [0.1, 0.15) is 63.5 Å². The van der Waals surface area contributed by atoms with Crippen LogP contribution in [0.15, 0.2) is 60.5 Å². The van der Waals surface area contributed by atoms with Gasteiger partial charge in [-0.15, -0.1) is 47.2 Å². The first kappa shape index (κ1) is 25.3. The summed E-state index contributed by atoms with van der Waals surface area (Å²) in [6.45, 7) is 7.59. The first-order chi connectivity index (χ1) is 15.3. The molecule has 1 aliphatic rings. The van der Waals surface area contributed by atoms with E-state index in [0.717, 1.165) is 11.3 Å². The van der Waals surface area contributed by atoms with Crippen molar-refractivity contribution in [2.24, 2.45) is 0 Å². The van der Waals surface area contributed by atoms with Gasteiger partial charge in [0.2, 0.25) is 0 Å². The second-order valence-corrected chi connectivity index (χ2v) is 9.72. The molecule has 173 valence electrons. The van der Waals surface area contributed by atoms with Crippen molar-refractivity contribution in [2.45, 2.75) is 52.4 Å². The molecule has 5 heteroatoms. The maximum Gasteiger partial charge on any atom is 0.155 e. The molecular weight excluding hydrogens is 607 g/mol. The van der Waals surface area contributed by atoms with Gasteiger partial charge in [0.25, 0.3) is 0 Å². The van der Waals surface area contributed by atoms with Gasteiger partial charge < -0.3 is 10.1 Å². The molecule has 3 nitrogen and oxygen atoms in total. The smallest absolute Gasteiger partial charge is 0.155 e. The third kappa shape index (κ3) is 5.43. The van der Waals surface area contributed by atoms with E-state index < -0.39 is 0 Å². The van der Waals surface area contributed by atoms with E-state index in [1.54, 1.807) is 11.1 Å². The summed E-state index contributed by atoms with van der Waals surface area (Å²) in [7, 11) is 0. The van der Waals surface area contributed by atoms with Crippen LogP contribution >= 0.6 is 11.3 Å². The molecule has 2 atom stereocenters. The molecule has 5 rings (SSSR count). The zero-order valence-electron chi connectivity index (χ0n) is 19.3. The van der Waals surface area contributed by atoms with Crippen molar-refractivity contribution in [1.82, 2.24) is 4.98 Å². The van der Waals surface area contributed by atoms with E-state index in [2.05, 4.69) is 55.2 Å². The van der Waals surface area contributed by atoms with Crippen LogP contribution in [0.4, 0.5) is 0 Å².